The number of carbonyl (C=O) groups is 1. The van der Waals surface area contributed by atoms with Crippen molar-refractivity contribution in [3.05, 3.63) is 111 Å². The molecule has 1 amide bonds. The average molecular weight is 387 g/mol. The summed E-state index contributed by atoms with van der Waals surface area (Å²) >= 11 is 0. The third-order valence-corrected chi connectivity index (χ3v) is 4.37. The lowest BCUT2D eigenvalue weighted by Crippen LogP contribution is -2.25. The first-order valence-corrected chi connectivity index (χ1v) is 8.90. The van der Waals surface area contributed by atoms with E-state index in [1.807, 2.05) is 30.3 Å². The zero-order chi connectivity index (χ0) is 20.2. The molecule has 4 aromatic rings. The van der Waals surface area contributed by atoms with E-state index in [0.717, 1.165) is 5.56 Å². The number of hydrogen-bond donors (Lipinski definition) is 2. The number of pyridine rings is 2. The summed E-state index contributed by atoms with van der Waals surface area (Å²) in [5.74, 6) is 0.0492. The van der Waals surface area contributed by atoms with Crippen molar-refractivity contribution in [2.75, 3.05) is 0 Å². The van der Waals surface area contributed by atoms with Crippen LogP contribution in [0, 0.1) is 0 Å². The maximum Gasteiger partial charge on any atom is 0.296 e. The summed E-state index contributed by atoms with van der Waals surface area (Å²) in [6.07, 6.45) is 4.36. The number of carbonyl (C=O) groups excluding carboxylic acids is 1. The number of rotatable bonds is 5. The maximum absolute atomic E-state index is 12.7. The molecule has 1 aromatic carbocycles. The Balaban J connectivity index is 1.53. The van der Waals surface area contributed by atoms with Crippen LogP contribution in [0.15, 0.2) is 88.8 Å². The van der Waals surface area contributed by atoms with E-state index >= 15 is 0 Å². The summed E-state index contributed by atoms with van der Waals surface area (Å²) in [6, 6.07) is 17.4. The van der Waals surface area contributed by atoms with E-state index in [2.05, 4.69) is 15.4 Å². The van der Waals surface area contributed by atoms with Gasteiger partial charge in [-0.05, 0) is 23.8 Å². The number of nitrogens with zero attached hydrogens (tertiary/aromatic N) is 3. The van der Waals surface area contributed by atoms with Crippen LogP contribution >= 0.6 is 0 Å². The summed E-state index contributed by atoms with van der Waals surface area (Å²) in [6.45, 7) is 0.409. The molecule has 2 N–H and O–H groups in total. The molecule has 8 nitrogen and oxygen atoms in total. The Morgan fingerprint density at radius 1 is 1.00 bits per heavy atom. The fraction of sp³-hybridized carbons (Fsp3) is 0.0476. The van der Waals surface area contributed by atoms with Gasteiger partial charge in [0.15, 0.2) is 5.82 Å². The van der Waals surface area contributed by atoms with E-state index in [1.54, 1.807) is 24.3 Å². The lowest BCUT2D eigenvalue weighted by molar-refractivity contribution is 0.0950. The fourth-order valence-electron chi connectivity index (χ4n) is 2.86. The molecule has 0 aliphatic rings. The molecule has 0 fully saturated rings. The molecule has 29 heavy (non-hydrogen) atoms. The van der Waals surface area contributed by atoms with Gasteiger partial charge >= 0.3 is 0 Å². The average Bonchev–Trinajstić information content (AvgIpc) is 3.14. The van der Waals surface area contributed by atoms with Crippen molar-refractivity contribution in [1.82, 2.24) is 24.6 Å². The fourth-order valence-corrected chi connectivity index (χ4v) is 2.86. The molecule has 0 aliphatic carbocycles. The highest BCUT2D eigenvalue weighted by Gasteiger charge is 2.12. The number of aromatic amines is 1. The van der Waals surface area contributed by atoms with Crippen LogP contribution in [0.3, 0.4) is 0 Å². The van der Waals surface area contributed by atoms with Crippen molar-refractivity contribution in [2.24, 2.45) is 0 Å². The van der Waals surface area contributed by atoms with Gasteiger partial charge in [-0.1, -0.05) is 36.4 Å². The Morgan fingerprint density at radius 3 is 2.52 bits per heavy atom. The standard InChI is InChI=1S/C21H17N5O3/c27-19-8-4-5-11-25(19)17-14-24-26(21(17)29)18-10-9-16(13-22-18)20(28)23-12-15-6-2-1-3-7-15/h1-11,13-14,24H,12H2,(H,23,28). The number of nitrogens with one attached hydrogen (secondary N) is 2. The smallest absolute Gasteiger partial charge is 0.296 e. The topological polar surface area (TPSA) is 102 Å². The highest BCUT2D eigenvalue weighted by Crippen LogP contribution is 2.06. The summed E-state index contributed by atoms with van der Waals surface area (Å²) in [5.41, 5.74) is 0.819. The van der Waals surface area contributed by atoms with Crippen LogP contribution in [-0.4, -0.2) is 25.2 Å². The van der Waals surface area contributed by atoms with Crippen LogP contribution in [0.5, 0.6) is 0 Å². The number of aromatic nitrogens is 4. The van der Waals surface area contributed by atoms with Crippen LogP contribution < -0.4 is 16.4 Å². The summed E-state index contributed by atoms with van der Waals surface area (Å²) < 4.78 is 2.46. The van der Waals surface area contributed by atoms with Gasteiger partial charge in [0, 0.05) is 31.2 Å². The largest absolute Gasteiger partial charge is 0.348 e. The molecule has 0 atom stereocenters. The van der Waals surface area contributed by atoms with Gasteiger partial charge in [0.25, 0.3) is 17.0 Å². The minimum atomic E-state index is -0.424. The first kappa shape index (κ1) is 18.2. The van der Waals surface area contributed by atoms with Crippen molar-refractivity contribution >= 4 is 5.91 Å². The molecule has 0 saturated heterocycles. The van der Waals surface area contributed by atoms with Gasteiger partial charge in [-0.3, -0.25) is 24.0 Å². The molecule has 3 aromatic heterocycles. The molecular weight excluding hydrogens is 370 g/mol. The van der Waals surface area contributed by atoms with E-state index in [9.17, 15) is 14.4 Å². The van der Waals surface area contributed by atoms with E-state index in [4.69, 9.17) is 0 Å². The molecule has 0 saturated carbocycles. The first-order valence-electron chi connectivity index (χ1n) is 8.90. The Bertz CT molecular complexity index is 1250. The van der Waals surface area contributed by atoms with Gasteiger partial charge in [0.1, 0.15) is 5.69 Å². The van der Waals surface area contributed by atoms with Gasteiger partial charge in [0.2, 0.25) is 0 Å². The van der Waals surface area contributed by atoms with E-state index < -0.39 is 5.56 Å². The van der Waals surface area contributed by atoms with Crippen molar-refractivity contribution in [2.45, 2.75) is 6.54 Å². The lowest BCUT2D eigenvalue weighted by Gasteiger charge is -2.06. The maximum atomic E-state index is 12.7. The normalized spacial score (nSPS) is 10.6. The van der Waals surface area contributed by atoms with Crippen LogP contribution in [0.1, 0.15) is 15.9 Å². The second-order valence-electron chi connectivity index (χ2n) is 6.28. The monoisotopic (exact) mass is 387 g/mol. The van der Waals surface area contributed by atoms with Gasteiger partial charge in [-0.25, -0.2) is 4.98 Å². The molecule has 0 radical (unpaired) electrons. The SMILES string of the molecule is O=C(NCc1ccccc1)c1ccc(-n2[nH]cc(-n3ccccc3=O)c2=O)nc1. The Morgan fingerprint density at radius 2 is 1.79 bits per heavy atom. The first-order chi connectivity index (χ1) is 14.1. The molecule has 3 heterocycles. The third-order valence-electron chi connectivity index (χ3n) is 4.37. The van der Waals surface area contributed by atoms with Gasteiger partial charge in [0.05, 0.1) is 5.56 Å². The lowest BCUT2D eigenvalue weighted by atomic mass is 10.2. The molecule has 0 unspecified atom stereocenters. The second-order valence-corrected chi connectivity index (χ2v) is 6.28. The van der Waals surface area contributed by atoms with E-state index in [-0.39, 0.29) is 17.2 Å². The van der Waals surface area contributed by atoms with Crippen LogP contribution in [0.2, 0.25) is 0 Å². The third kappa shape index (κ3) is 3.77. The Labute approximate surface area is 165 Å². The second kappa shape index (κ2) is 7.81. The molecule has 0 aliphatic heterocycles. The van der Waals surface area contributed by atoms with E-state index in [0.29, 0.717) is 17.9 Å². The minimum absolute atomic E-state index is 0.182. The molecule has 4 rings (SSSR count). The quantitative estimate of drug-likeness (QED) is 0.543. The number of amides is 1. The van der Waals surface area contributed by atoms with Crippen molar-refractivity contribution < 1.29 is 4.79 Å². The molecule has 0 spiro atoms. The summed E-state index contributed by atoms with van der Waals surface area (Å²) in [5, 5.41) is 5.62. The Hall–Kier alpha value is -4.20. The van der Waals surface area contributed by atoms with Gasteiger partial charge < -0.3 is 5.32 Å². The zero-order valence-electron chi connectivity index (χ0n) is 15.3. The van der Waals surface area contributed by atoms with Crippen LogP contribution in [-0.2, 0) is 6.54 Å². The predicted octanol–water partition coefficient (Wildman–Crippen LogP) is 1.64. The van der Waals surface area contributed by atoms with Crippen LogP contribution in [0.4, 0.5) is 0 Å². The van der Waals surface area contributed by atoms with Crippen molar-refractivity contribution in [3.63, 3.8) is 0 Å². The van der Waals surface area contributed by atoms with Crippen LogP contribution in [0.25, 0.3) is 11.5 Å². The van der Waals surface area contributed by atoms with Crippen molar-refractivity contribution in [1.29, 1.82) is 0 Å². The summed E-state index contributed by atoms with van der Waals surface area (Å²) in [4.78, 5) is 41.1. The zero-order valence-corrected chi connectivity index (χ0v) is 15.3. The van der Waals surface area contributed by atoms with Gasteiger partial charge in [-0.15, -0.1) is 0 Å². The number of benzene rings is 1. The predicted molar refractivity (Wildman–Crippen MR) is 107 cm³/mol. The molecule has 8 heteroatoms. The number of H-pyrrole nitrogens is 1. The van der Waals surface area contributed by atoms with E-state index in [1.165, 1.54) is 33.9 Å². The molecule has 144 valence electrons. The van der Waals surface area contributed by atoms with Crippen molar-refractivity contribution in [3.8, 4) is 11.5 Å². The highest BCUT2D eigenvalue weighted by molar-refractivity contribution is 5.93. The molecular formula is C21H17N5O3. The highest BCUT2D eigenvalue weighted by atomic mass is 16.2. The summed E-state index contributed by atoms with van der Waals surface area (Å²) in [7, 11) is 0. The minimum Gasteiger partial charge on any atom is -0.348 e. The number of hydrogen-bond acceptors (Lipinski definition) is 4. The van der Waals surface area contributed by atoms with Gasteiger partial charge in [-0.2, -0.15) is 4.68 Å². The molecule has 0 bridgehead atoms. The Kier molecular flexibility index (Phi) is 4.90.